The van der Waals surface area contributed by atoms with E-state index in [1.807, 2.05) is 62.4 Å². The van der Waals surface area contributed by atoms with Crippen molar-refractivity contribution in [1.82, 2.24) is 10.2 Å². The van der Waals surface area contributed by atoms with Crippen molar-refractivity contribution >= 4 is 52.0 Å². The van der Waals surface area contributed by atoms with Crippen molar-refractivity contribution in [3.63, 3.8) is 0 Å². The van der Waals surface area contributed by atoms with Crippen molar-refractivity contribution in [1.29, 1.82) is 0 Å². The van der Waals surface area contributed by atoms with E-state index in [1.165, 1.54) is 4.90 Å². The zero-order chi connectivity index (χ0) is 20.1. The van der Waals surface area contributed by atoms with Crippen LogP contribution < -0.4 is 10.6 Å². The van der Waals surface area contributed by atoms with Crippen LogP contribution in [-0.4, -0.2) is 34.2 Å². The van der Waals surface area contributed by atoms with E-state index in [4.69, 9.17) is 12.2 Å². The minimum absolute atomic E-state index is 0.255. The monoisotopic (exact) mass is 411 g/mol. The summed E-state index contributed by atoms with van der Waals surface area (Å²) in [5.74, 6) is -0.269. The molecule has 144 valence electrons. The van der Waals surface area contributed by atoms with E-state index in [0.29, 0.717) is 16.6 Å². The molecule has 1 heterocycles. The van der Waals surface area contributed by atoms with Gasteiger partial charge in [-0.1, -0.05) is 42.0 Å². The highest BCUT2D eigenvalue weighted by Crippen LogP contribution is 2.31. The lowest BCUT2D eigenvalue weighted by molar-refractivity contribution is -0.122. The molecule has 7 heteroatoms. The van der Waals surface area contributed by atoms with Crippen LogP contribution in [0, 0.1) is 13.8 Å². The zero-order valence-electron chi connectivity index (χ0n) is 15.7. The van der Waals surface area contributed by atoms with Crippen molar-refractivity contribution in [2.75, 3.05) is 18.4 Å². The van der Waals surface area contributed by atoms with Gasteiger partial charge < -0.3 is 10.6 Å². The van der Waals surface area contributed by atoms with E-state index in [-0.39, 0.29) is 17.7 Å². The van der Waals surface area contributed by atoms with Crippen LogP contribution in [0.2, 0.25) is 0 Å². The highest BCUT2D eigenvalue weighted by Gasteiger charge is 2.34. The van der Waals surface area contributed by atoms with Gasteiger partial charge in [0.2, 0.25) is 0 Å². The second kappa shape index (κ2) is 9.03. The summed E-state index contributed by atoms with van der Waals surface area (Å²) in [5, 5.41) is 6.32. The molecule has 1 aliphatic heterocycles. The smallest absolute Gasteiger partial charge is 0.293 e. The molecule has 2 N–H and O–H groups in total. The molecule has 0 radical (unpaired) electrons. The normalized spacial score (nSPS) is 15.2. The molecule has 5 nitrogen and oxygen atoms in total. The summed E-state index contributed by atoms with van der Waals surface area (Å²) in [6.07, 6.45) is 1.75. The molecule has 2 aromatic rings. The molecule has 0 saturated carbocycles. The van der Waals surface area contributed by atoms with E-state index in [9.17, 15) is 9.59 Å². The third-order valence-electron chi connectivity index (χ3n) is 4.15. The number of thioether (sulfide) groups is 1. The quantitative estimate of drug-likeness (QED) is 0.564. The predicted molar refractivity (Wildman–Crippen MR) is 119 cm³/mol. The number of imide groups is 1. The number of thiocarbonyl (C=S) groups is 1. The number of anilines is 1. The molecule has 0 aliphatic carbocycles. The molecule has 0 bridgehead atoms. The van der Waals surface area contributed by atoms with Gasteiger partial charge in [0.25, 0.3) is 11.1 Å². The molecule has 0 atom stereocenters. The van der Waals surface area contributed by atoms with Crippen LogP contribution in [0.15, 0.2) is 53.4 Å². The Bertz CT molecular complexity index is 939. The van der Waals surface area contributed by atoms with Crippen LogP contribution in [0.25, 0.3) is 6.08 Å². The molecule has 0 aromatic heterocycles. The Morgan fingerprint density at radius 3 is 2.57 bits per heavy atom. The fraction of sp³-hybridized carbons (Fsp3) is 0.190. The first kappa shape index (κ1) is 20.1. The van der Waals surface area contributed by atoms with Gasteiger partial charge in [0.15, 0.2) is 5.11 Å². The van der Waals surface area contributed by atoms with Crippen LogP contribution in [-0.2, 0) is 4.79 Å². The number of nitrogens with zero attached hydrogens (tertiary/aromatic N) is 1. The Kier molecular flexibility index (Phi) is 6.49. The number of nitrogens with one attached hydrogen (secondary N) is 2. The number of aryl methyl sites for hydroxylation is 2. The zero-order valence-corrected chi connectivity index (χ0v) is 17.3. The summed E-state index contributed by atoms with van der Waals surface area (Å²) >= 11 is 6.24. The summed E-state index contributed by atoms with van der Waals surface area (Å²) in [5.41, 5.74) is 4.07. The predicted octanol–water partition coefficient (Wildman–Crippen LogP) is 4.33. The summed E-state index contributed by atoms with van der Waals surface area (Å²) in [6, 6.07) is 15.7. The summed E-state index contributed by atoms with van der Waals surface area (Å²) in [6.45, 7) is 4.65. The molecule has 1 fully saturated rings. The maximum atomic E-state index is 12.5. The highest BCUT2D eigenvalue weighted by molar-refractivity contribution is 8.18. The molecular formula is C21H21N3O2S2. The maximum Gasteiger partial charge on any atom is 0.293 e. The first-order valence-corrected chi connectivity index (χ1v) is 10.1. The average Bonchev–Trinajstić information content (AvgIpc) is 2.91. The van der Waals surface area contributed by atoms with Gasteiger partial charge in [0, 0.05) is 18.8 Å². The van der Waals surface area contributed by atoms with Gasteiger partial charge >= 0.3 is 0 Å². The number of hydrogen-bond acceptors (Lipinski definition) is 4. The van der Waals surface area contributed by atoms with E-state index in [1.54, 1.807) is 6.08 Å². The second-order valence-electron chi connectivity index (χ2n) is 6.49. The van der Waals surface area contributed by atoms with Gasteiger partial charge in [0.05, 0.1) is 4.91 Å². The number of carbonyl (C=O) groups excluding carboxylic acids is 2. The fourth-order valence-electron chi connectivity index (χ4n) is 2.69. The van der Waals surface area contributed by atoms with E-state index in [0.717, 1.165) is 34.1 Å². The molecular weight excluding hydrogens is 390 g/mol. The van der Waals surface area contributed by atoms with Crippen LogP contribution in [0.1, 0.15) is 16.7 Å². The van der Waals surface area contributed by atoms with Gasteiger partial charge in [0.1, 0.15) is 0 Å². The Hall–Kier alpha value is -2.64. The van der Waals surface area contributed by atoms with Crippen LogP contribution >= 0.6 is 24.0 Å². The molecule has 2 aromatic carbocycles. The topological polar surface area (TPSA) is 61.4 Å². The lowest BCUT2D eigenvalue weighted by Crippen LogP contribution is -2.38. The molecule has 1 saturated heterocycles. The van der Waals surface area contributed by atoms with Crippen molar-refractivity contribution < 1.29 is 9.59 Å². The van der Waals surface area contributed by atoms with Gasteiger partial charge in [-0.15, -0.1) is 0 Å². The van der Waals surface area contributed by atoms with E-state index < -0.39 is 0 Å². The van der Waals surface area contributed by atoms with Gasteiger partial charge in [-0.3, -0.25) is 14.5 Å². The van der Waals surface area contributed by atoms with Crippen molar-refractivity contribution in [2.24, 2.45) is 0 Å². The summed E-state index contributed by atoms with van der Waals surface area (Å²) < 4.78 is 0. The van der Waals surface area contributed by atoms with E-state index in [2.05, 4.69) is 10.6 Å². The summed E-state index contributed by atoms with van der Waals surface area (Å²) in [7, 11) is 0. The largest absolute Gasteiger partial charge is 0.361 e. The minimum Gasteiger partial charge on any atom is -0.361 e. The second-order valence-corrected chi connectivity index (χ2v) is 7.90. The number of benzene rings is 2. The Morgan fingerprint density at radius 2 is 1.86 bits per heavy atom. The highest BCUT2D eigenvalue weighted by atomic mass is 32.2. The minimum atomic E-state index is -0.269. The number of rotatable bonds is 5. The molecule has 2 amide bonds. The Balaban J connectivity index is 1.53. The number of carbonyl (C=O) groups is 2. The van der Waals surface area contributed by atoms with Crippen molar-refractivity contribution in [2.45, 2.75) is 13.8 Å². The van der Waals surface area contributed by atoms with Crippen molar-refractivity contribution in [3.05, 3.63) is 70.1 Å². The van der Waals surface area contributed by atoms with E-state index >= 15 is 0 Å². The first-order valence-electron chi connectivity index (χ1n) is 8.86. The van der Waals surface area contributed by atoms with Gasteiger partial charge in [-0.05, 0) is 67.2 Å². The first-order chi connectivity index (χ1) is 13.4. The number of hydrogen-bond donors (Lipinski definition) is 2. The van der Waals surface area contributed by atoms with Crippen molar-refractivity contribution in [3.8, 4) is 0 Å². The third kappa shape index (κ3) is 5.21. The molecule has 28 heavy (non-hydrogen) atoms. The van der Waals surface area contributed by atoms with Crippen LogP contribution in [0.3, 0.4) is 0 Å². The standard InChI is InChI=1S/C21H21N3O2S2/c1-14-6-8-16(9-7-14)13-18-19(25)24(21(26)28-18)11-10-22-20(27)23-17-5-3-4-15(2)12-17/h3-9,12-13H,10-11H2,1-2H3,(H2,22,23,27)/b18-13-. The molecule has 0 spiro atoms. The van der Waals surface area contributed by atoms with Gasteiger partial charge in [-0.25, -0.2) is 0 Å². The summed E-state index contributed by atoms with van der Waals surface area (Å²) in [4.78, 5) is 26.4. The van der Waals surface area contributed by atoms with Crippen LogP contribution in [0.4, 0.5) is 10.5 Å². The number of amides is 2. The third-order valence-corrected chi connectivity index (χ3v) is 5.30. The molecule has 1 aliphatic rings. The molecule has 0 unspecified atom stereocenters. The Morgan fingerprint density at radius 1 is 1.11 bits per heavy atom. The van der Waals surface area contributed by atoms with Crippen LogP contribution in [0.5, 0.6) is 0 Å². The lowest BCUT2D eigenvalue weighted by atomic mass is 10.1. The lowest BCUT2D eigenvalue weighted by Gasteiger charge is -2.15. The molecule has 3 rings (SSSR count). The fourth-order valence-corrected chi connectivity index (χ4v) is 3.77. The van der Waals surface area contributed by atoms with Gasteiger partial charge in [-0.2, -0.15) is 0 Å². The average molecular weight is 412 g/mol. The maximum absolute atomic E-state index is 12.5. The Labute approximate surface area is 174 Å². The SMILES string of the molecule is Cc1ccc(/C=C2\SC(=O)N(CCNC(=S)Nc3cccc(C)c3)C2=O)cc1.